The van der Waals surface area contributed by atoms with Crippen molar-refractivity contribution < 1.29 is 15.3 Å². The number of anilines is 1. The van der Waals surface area contributed by atoms with Crippen molar-refractivity contribution in [3.63, 3.8) is 0 Å². The molecule has 19 heavy (non-hydrogen) atoms. The fourth-order valence-electron chi connectivity index (χ4n) is 1.97. The summed E-state index contributed by atoms with van der Waals surface area (Å²) in [5, 5.41) is 35.9. The first kappa shape index (κ1) is 13.1. The van der Waals surface area contributed by atoms with Gasteiger partial charge in [-0.25, -0.2) is 0 Å². The molecular weight excluding hydrogens is 246 g/mol. The van der Waals surface area contributed by atoms with Crippen LogP contribution in [0.25, 0.3) is 0 Å². The molecule has 6 nitrogen and oxygen atoms in total. The van der Waals surface area contributed by atoms with Crippen LogP contribution in [0.4, 0.5) is 5.69 Å². The number of phenolic OH excluding ortho intramolecular Hbond substituents is 3. The summed E-state index contributed by atoms with van der Waals surface area (Å²) in [4.78, 5) is 0. The van der Waals surface area contributed by atoms with Crippen molar-refractivity contribution in [2.45, 2.75) is 20.4 Å². The van der Waals surface area contributed by atoms with E-state index in [2.05, 4.69) is 10.4 Å². The van der Waals surface area contributed by atoms with Gasteiger partial charge in [0.1, 0.15) is 0 Å². The third kappa shape index (κ3) is 2.29. The molecule has 0 spiro atoms. The molecule has 0 unspecified atom stereocenters. The van der Waals surface area contributed by atoms with E-state index in [0.29, 0.717) is 12.1 Å². The molecule has 0 aliphatic carbocycles. The van der Waals surface area contributed by atoms with Crippen LogP contribution in [0.1, 0.15) is 17.0 Å². The third-order valence-corrected chi connectivity index (χ3v) is 3.18. The zero-order valence-electron chi connectivity index (χ0n) is 11.1. The van der Waals surface area contributed by atoms with Crippen LogP contribution in [-0.4, -0.2) is 25.1 Å². The summed E-state index contributed by atoms with van der Waals surface area (Å²) < 4.78 is 1.77. The van der Waals surface area contributed by atoms with Crippen LogP contribution < -0.4 is 5.32 Å². The van der Waals surface area contributed by atoms with Gasteiger partial charge in [0.05, 0.1) is 17.1 Å². The number of hydrogen-bond donors (Lipinski definition) is 4. The molecule has 0 amide bonds. The molecule has 1 heterocycles. The minimum absolute atomic E-state index is 0.313. The number of aromatic nitrogens is 2. The number of nitrogens with one attached hydrogen (secondary N) is 1. The van der Waals surface area contributed by atoms with E-state index in [1.54, 1.807) is 10.7 Å². The molecule has 0 saturated carbocycles. The number of hydrogen-bond acceptors (Lipinski definition) is 5. The highest BCUT2D eigenvalue weighted by Crippen LogP contribution is 2.37. The lowest BCUT2D eigenvalue weighted by Crippen LogP contribution is -2.02. The summed E-state index contributed by atoms with van der Waals surface area (Å²) in [5.41, 5.74) is 3.25. The Kier molecular flexibility index (Phi) is 3.25. The maximum absolute atomic E-state index is 9.73. The summed E-state index contributed by atoms with van der Waals surface area (Å²) in [6.45, 7) is 4.16. The van der Waals surface area contributed by atoms with Gasteiger partial charge in [0, 0.05) is 19.2 Å². The standard InChI is InChI=1S/C13H17N3O3/c1-7-11(8(2)16(3)15-7)14-6-9-4-5-10(17)13(19)12(9)18/h4-5,14,17-19H,6H2,1-3H3. The molecule has 1 aromatic heterocycles. The predicted molar refractivity (Wildman–Crippen MR) is 71.4 cm³/mol. The van der Waals surface area contributed by atoms with Crippen molar-refractivity contribution in [1.29, 1.82) is 0 Å². The van der Waals surface area contributed by atoms with Crippen molar-refractivity contribution in [2.75, 3.05) is 5.32 Å². The molecule has 0 atom stereocenters. The molecule has 0 aliphatic rings. The van der Waals surface area contributed by atoms with Crippen LogP contribution >= 0.6 is 0 Å². The van der Waals surface area contributed by atoms with E-state index in [0.717, 1.165) is 17.1 Å². The summed E-state index contributed by atoms with van der Waals surface area (Å²) in [6, 6.07) is 2.90. The van der Waals surface area contributed by atoms with E-state index in [-0.39, 0.29) is 11.5 Å². The molecule has 0 fully saturated rings. The Hall–Kier alpha value is -2.37. The van der Waals surface area contributed by atoms with Gasteiger partial charge < -0.3 is 20.6 Å². The Morgan fingerprint density at radius 2 is 1.84 bits per heavy atom. The average molecular weight is 263 g/mol. The van der Waals surface area contributed by atoms with Gasteiger partial charge in [-0.15, -0.1) is 0 Å². The van der Waals surface area contributed by atoms with Crippen molar-refractivity contribution >= 4 is 5.69 Å². The monoisotopic (exact) mass is 263 g/mol. The Bertz CT molecular complexity index is 620. The van der Waals surface area contributed by atoms with Crippen molar-refractivity contribution in [2.24, 2.45) is 7.05 Å². The molecule has 0 radical (unpaired) electrons. The fourth-order valence-corrected chi connectivity index (χ4v) is 1.97. The Labute approximate surface area is 110 Å². The average Bonchev–Trinajstić information content (AvgIpc) is 2.61. The highest BCUT2D eigenvalue weighted by atomic mass is 16.3. The molecule has 1 aromatic carbocycles. The van der Waals surface area contributed by atoms with E-state index in [1.165, 1.54) is 6.07 Å². The highest BCUT2D eigenvalue weighted by Gasteiger charge is 2.13. The van der Waals surface area contributed by atoms with E-state index in [4.69, 9.17) is 0 Å². The van der Waals surface area contributed by atoms with Crippen LogP contribution in [-0.2, 0) is 13.6 Å². The molecule has 102 valence electrons. The van der Waals surface area contributed by atoms with Crippen molar-refractivity contribution in [1.82, 2.24) is 9.78 Å². The second kappa shape index (κ2) is 4.72. The molecule has 6 heteroatoms. The summed E-state index contributed by atoms with van der Waals surface area (Å²) in [7, 11) is 1.86. The number of benzene rings is 1. The minimum atomic E-state index is -0.501. The number of rotatable bonds is 3. The zero-order chi connectivity index (χ0) is 14.2. The van der Waals surface area contributed by atoms with Gasteiger partial charge in [-0.05, 0) is 26.0 Å². The lowest BCUT2D eigenvalue weighted by molar-refractivity contribution is 0.365. The van der Waals surface area contributed by atoms with Gasteiger partial charge in [0.25, 0.3) is 0 Å². The zero-order valence-corrected chi connectivity index (χ0v) is 11.1. The predicted octanol–water partition coefficient (Wildman–Crippen LogP) is 1.77. The number of aromatic hydroxyl groups is 3. The molecule has 2 aromatic rings. The van der Waals surface area contributed by atoms with Crippen LogP contribution in [0.2, 0.25) is 0 Å². The third-order valence-electron chi connectivity index (χ3n) is 3.18. The maximum atomic E-state index is 9.73. The van der Waals surface area contributed by atoms with Gasteiger partial charge in [-0.2, -0.15) is 5.10 Å². The first-order chi connectivity index (χ1) is 8.91. The van der Waals surface area contributed by atoms with Crippen LogP contribution in [0.15, 0.2) is 12.1 Å². The second-order valence-electron chi connectivity index (χ2n) is 4.46. The van der Waals surface area contributed by atoms with Gasteiger partial charge in [-0.3, -0.25) is 4.68 Å². The molecule has 2 rings (SSSR count). The second-order valence-corrected chi connectivity index (χ2v) is 4.46. The topological polar surface area (TPSA) is 90.5 Å². The van der Waals surface area contributed by atoms with E-state index < -0.39 is 5.75 Å². The lowest BCUT2D eigenvalue weighted by atomic mass is 10.1. The normalized spacial score (nSPS) is 10.7. The highest BCUT2D eigenvalue weighted by molar-refractivity contribution is 5.56. The summed E-state index contributed by atoms with van der Waals surface area (Å²) in [6.07, 6.45) is 0. The Balaban J connectivity index is 2.22. The van der Waals surface area contributed by atoms with E-state index in [9.17, 15) is 15.3 Å². The van der Waals surface area contributed by atoms with Gasteiger partial charge in [0.2, 0.25) is 5.75 Å². The quantitative estimate of drug-likeness (QED) is 0.634. The number of nitrogens with zero attached hydrogens (tertiary/aromatic N) is 2. The maximum Gasteiger partial charge on any atom is 0.200 e. The summed E-state index contributed by atoms with van der Waals surface area (Å²) in [5.74, 6) is -1.15. The Morgan fingerprint density at radius 1 is 1.16 bits per heavy atom. The number of aryl methyl sites for hydroxylation is 2. The smallest absolute Gasteiger partial charge is 0.200 e. The SMILES string of the molecule is Cc1nn(C)c(C)c1NCc1ccc(O)c(O)c1O. The molecule has 0 bridgehead atoms. The van der Waals surface area contributed by atoms with Crippen molar-refractivity contribution in [3.8, 4) is 17.2 Å². The lowest BCUT2D eigenvalue weighted by Gasteiger charge is -2.10. The van der Waals surface area contributed by atoms with Gasteiger partial charge >= 0.3 is 0 Å². The molecular formula is C13H17N3O3. The first-order valence-electron chi connectivity index (χ1n) is 5.88. The van der Waals surface area contributed by atoms with Crippen molar-refractivity contribution in [3.05, 3.63) is 29.1 Å². The summed E-state index contributed by atoms with van der Waals surface area (Å²) >= 11 is 0. The first-order valence-corrected chi connectivity index (χ1v) is 5.88. The van der Waals surface area contributed by atoms with Crippen LogP contribution in [0, 0.1) is 13.8 Å². The molecule has 0 aliphatic heterocycles. The molecule has 4 N–H and O–H groups in total. The van der Waals surface area contributed by atoms with E-state index in [1.807, 2.05) is 20.9 Å². The largest absolute Gasteiger partial charge is 0.504 e. The number of phenols is 3. The van der Waals surface area contributed by atoms with Gasteiger partial charge in [0.15, 0.2) is 11.5 Å². The Morgan fingerprint density at radius 3 is 2.42 bits per heavy atom. The molecule has 0 saturated heterocycles. The minimum Gasteiger partial charge on any atom is -0.504 e. The van der Waals surface area contributed by atoms with E-state index >= 15 is 0 Å². The van der Waals surface area contributed by atoms with Crippen LogP contribution in [0.3, 0.4) is 0 Å². The van der Waals surface area contributed by atoms with Gasteiger partial charge in [-0.1, -0.05) is 0 Å². The van der Waals surface area contributed by atoms with Crippen LogP contribution in [0.5, 0.6) is 17.2 Å². The fraction of sp³-hybridized carbons (Fsp3) is 0.308.